The van der Waals surface area contributed by atoms with Gasteiger partial charge in [0.15, 0.2) is 5.13 Å². The van der Waals surface area contributed by atoms with Crippen molar-refractivity contribution in [2.75, 3.05) is 10.0 Å². The van der Waals surface area contributed by atoms with Crippen molar-refractivity contribution >= 4 is 49.1 Å². The zero-order valence-electron chi connectivity index (χ0n) is 18.7. The quantitative estimate of drug-likeness (QED) is 0.337. The van der Waals surface area contributed by atoms with Gasteiger partial charge in [-0.1, -0.05) is 30.3 Å². The standard InChI is InChI=1S/C25H19N5O4S2/c31-23(28-19-8-10-20(11-9-19)36(33,34)29-25-27-13-14-35-25)21-15-18-7-4-12-26-22(18)30(24(21)32)16-17-5-2-1-3-6-17/h1-15H,16H2,(H,27,29)(H,28,31). The van der Waals surface area contributed by atoms with Crippen molar-refractivity contribution in [2.24, 2.45) is 0 Å². The van der Waals surface area contributed by atoms with Crippen LogP contribution in [0.25, 0.3) is 11.0 Å². The molecule has 11 heteroatoms. The average molecular weight is 518 g/mol. The van der Waals surface area contributed by atoms with Crippen LogP contribution in [0.5, 0.6) is 0 Å². The van der Waals surface area contributed by atoms with Gasteiger partial charge in [0.25, 0.3) is 21.5 Å². The molecule has 5 aromatic rings. The third kappa shape index (κ3) is 4.88. The SMILES string of the molecule is O=C(Nc1ccc(S(=O)(=O)Nc2nccs2)cc1)c1cc2cccnc2n(Cc2ccccc2)c1=O. The van der Waals surface area contributed by atoms with Gasteiger partial charge in [-0.05, 0) is 48.0 Å². The molecule has 0 aliphatic heterocycles. The Hall–Kier alpha value is -4.35. The summed E-state index contributed by atoms with van der Waals surface area (Å²) in [7, 11) is -3.82. The largest absolute Gasteiger partial charge is 0.322 e. The molecule has 180 valence electrons. The lowest BCUT2D eigenvalue weighted by molar-refractivity contribution is 0.102. The fraction of sp³-hybridized carbons (Fsp3) is 0.0400. The molecule has 0 spiro atoms. The molecule has 0 saturated carbocycles. The summed E-state index contributed by atoms with van der Waals surface area (Å²) in [6.07, 6.45) is 3.10. The summed E-state index contributed by atoms with van der Waals surface area (Å²) in [5, 5.41) is 5.24. The second-order valence-corrected chi connectivity index (χ2v) is 10.3. The van der Waals surface area contributed by atoms with E-state index in [0.29, 0.717) is 16.7 Å². The number of nitrogens with one attached hydrogen (secondary N) is 2. The van der Waals surface area contributed by atoms with E-state index >= 15 is 0 Å². The van der Waals surface area contributed by atoms with Crippen LogP contribution >= 0.6 is 11.3 Å². The third-order valence-electron chi connectivity index (χ3n) is 5.35. The minimum absolute atomic E-state index is 0.0118. The molecular weight excluding hydrogens is 498 g/mol. The van der Waals surface area contributed by atoms with E-state index in [-0.39, 0.29) is 22.1 Å². The fourth-order valence-corrected chi connectivity index (χ4v) is 5.43. The van der Waals surface area contributed by atoms with Crippen LogP contribution in [0, 0.1) is 0 Å². The number of thiazole rings is 1. The van der Waals surface area contributed by atoms with Crippen molar-refractivity contribution in [3.05, 3.63) is 112 Å². The Kier molecular flexibility index (Phi) is 6.32. The van der Waals surface area contributed by atoms with Gasteiger partial charge in [0.05, 0.1) is 11.4 Å². The minimum atomic E-state index is -3.82. The first-order valence-electron chi connectivity index (χ1n) is 10.8. The Bertz CT molecular complexity index is 1700. The first kappa shape index (κ1) is 23.4. The number of hydrogen-bond acceptors (Lipinski definition) is 7. The second-order valence-electron chi connectivity index (χ2n) is 7.77. The van der Waals surface area contributed by atoms with Gasteiger partial charge in [0.2, 0.25) is 0 Å². The number of hydrogen-bond donors (Lipinski definition) is 2. The van der Waals surface area contributed by atoms with Crippen LogP contribution < -0.4 is 15.6 Å². The number of carbonyl (C=O) groups is 1. The predicted molar refractivity (Wildman–Crippen MR) is 139 cm³/mol. The number of aromatic nitrogens is 3. The van der Waals surface area contributed by atoms with E-state index in [9.17, 15) is 18.0 Å². The summed E-state index contributed by atoms with van der Waals surface area (Å²) in [5.41, 5.74) is 1.19. The highest BCUT2D eigenvalue weighted by Gasteiger charge is 2.18. The molecule has 0 fully saturated rings. The Morgan fingerprint density at radius 3 is 2.44 bits per heavy atom. The van der Waals surface area contributed by atoms with Crippen LogP contribution in [0.15, 0.2) is 100 Å². The molecule has 5 rings (SSSR count). The Labute approximate surface area is 210 Å². The molecule has 2 aromatic carbocycles. The number of carbonyl (C=O) groups excluding carboxylic acids is 1. The van der Waals surface area contributed by atoms with Gasteiger partial charge in [0, 0.05) is 28.8 Å². The van der Waals surface area contributed by atoms with Crippen molar-refractivity contribution in [3.8, 4) is 0 Å². The Morgan fingerprint density at radius 1 is 0.944 bits per heavy atom. The van der Waals surface area contributed by atoms with Gasteiger partial charge in [0.1, 0.15) is 11.2 Å². The van der Waals surface area contributed by atoms with Crippen LogP contribution in [0.2, 0.25) is 0 Å². The number of amides is 1. The summed E-state index contributed by atoms with van der Waals surface area (Å²) >= 11 is 1.16. The summed E-state index contributed by atoms with van der Waals surface area (Å²) in [5.74, 6) is -0.607. The van der Waals surface area contributed by atoms with Crippen molar-refractivity contribution in [3.63, 3.8) is 0 Å². The number of pyridine rings is 2. The highest BCUT2D eigenvalue weighted by atomic mass is 32.2. The number of benzene rings is 2. The molecule has 9 nitrogen and oxygen atoms in total. The first-order valence-corrected chi connectivity index (χ1v) is 13.1. The lowest BCUT2D eigenvalue weighted by Crippen LogP contribution is -2.30. The predicted octanol–water partition coefficient (Wildman–Crippen LogP) is 3.95. The highest BCUT2D eigenvalue weighted by Crippen LogP contribution is 2.20. The van der Waals surface area contributed by atoms with Gasteiger partial charge in [-0.15, -0.1) is 11.3 Å². The third-order valence-corrected chi connectivity index (χ3v) is 7.53. The normalized spacial score (nSPS) is 11.3. The summed E-state index contributed by atoms with van der Waals surface area (Å²) in [6.45, 7) is 0.257. The molecule has 0 radical (unpaired) electrons. The number of sulfonamides is 1. The van der Waals surface area contributed by atoms with Crippen LogP contribution in [0.4, 0.5) is 10.8 Å². The molecule has 3 aromatic heterocycles. The smallest absolute Gasteiger partial charge is 0.265 e. The van der Waals surface area contributed by atoms with Gasteiger partial charge >= 0.3 is 0 Å². The number of anilines is 2. The zero-order valence-corrected chi connectivity index (χ0v) is 20.3. The van der Waals surface area contributed by atoms with E-state index in [1.54, 1.807) is 23.7 Å². The van der Waals surface area contributed by atoms with E-state index in [4.69, 9.17) is 0 Å². The van der Waals surface area contributed by atoms with Gasteiger partial charge in [-0.2, -0.15) is 0 Å². The van der Waals surface area contributed by atoms with E-state index in [1.165, 1.54) is 41.1 Å². The molecule has 0 saturated heterocycles. The number of nitrogens with zero attached hydrogens (tertiary/aromatic N) is 3. The van der Waals surface area contributed by atoms with Crippen LogP contribution in [-0.4, -0.2) is 28.9 Å². The monoisotopic (exact) mass is 517 g/mol. The van der Waals surface area contributed by atoms with E-state index in [2.05, 4.69) is 20.0 Å². The lowest BCUT2D eigenvalue weighted by Gasteiger charge is -2.13. The molecule has 36 heavy (non-hydrogen) atoms. The second kappa shape index (κ2) is 9.72. The summed E-state index contributed by atoms with van der Waals surface area (Å²) in [6, 6.07) is 20.1. The maximum Gasteiger partial charge on any atom is 0.265 e. The summed E-state index contributed by atoms with van der Waals surface area (Å²) < 4.78 is 28.9. The summed E-state index contributed by atoms with van der Waals surface area (Å²) in [4.78, 5) is 34.7. The van der Waals surface area contributed by atoms with Crippen LogP contribution in [0.1, 0.15) is 15.9 Å². The van der Waals surface area contributed by atoms with Gasteiger partial charge in [-0.3, -0.25) is 18.9 Å². The number of fused-ring (bicyclic) bond motifs is 1. The van der Waals surface area contributed by atoms with Crippen molar-refractivity contribution in [1.82, 2.24) is 14.5 Å². The molecule has 0 aliphatic rings. The first-order chi connectivity index (χ1) is 17.4. The van der Waals surface area contributed by atoms with E-state index in [1.807, 2.05) is 30.3 Å². The van der Waals surface area contributed by atoms with Crippen LogP contribution in [-0.2, 0) is 16.6 Å². The molecule has 0 unspecified atom stereocenters. The minimum Gasteiger partial charge on any atom is -0.322 e. The lowest BCUT2D eigenvalue weighted by atomic mass is 10.1. The number of rotatable bonds is 7. The van der Waals surface area contributed by atoms with Crippen molar-refractivity contribution in [2.45, 2.75) is 11.4 Å². The average Bonchev–Trinajstić information content (AvgIpc) is 3.39. The molecule has 3 heterocycles. The Balaban J connectivity index is 1.42. The van der Waals surface area contributed by atoms with Gasteiger partial charge < -0.3 is 5.32 Å². The maximum atomic E-state index is 13.3. The maximum absolute atomic E-state index is 13.3. The van der Waals surface area contributed by atoms with Crippen LogP contribution in [0.3, 0.4) is 0 Å². The molecule has 0 aliphatic carbocycles. The zero-order chi connectivity index (χ0) is 25.1. The fourth-order valence-electron chi connectivity index (χ4n) is 3.65. The highest BCUT2D eigenvalue weighted by molar-refractivity contribution is 7.93. The molecule has 2 N–H and O–H groups in total. The van der Waals surface area contributed by atoms with E-state index in [0.717, 1.165) is 16.9 Å². The van der Waals surface area contributed by atoms with E-state index < -0.39 is 21.5 Å². The topological polar surface area (TPSA) is 123 Å². The molecular formula is C25H19N5O4S2. The van der Waals surface area contributed by atoms with Crippen molar-refractivity contribution in [1.29, 1.82) is 0 Å². The Morgan fingerprint density at radius 2 is 1.72 bits per heavy atom. The molecule has 0 bridgehead atoms. The van der Waals surface area contributed by atoms with Gasteiger partial charge in [-0.25, -0.2) is 18.4 Å². The molecule has 0 atom stereocenters. The van der Waals surface area contributed by atoms with Crippen molar-refractivity contribution < 1.29 is 13.2 Å². The molecule has 1 amide bonds.